The number of aryl methyl sites for hydroxylation is 3. The fourth-order valence-electron chi connectivity index (χ4n) is 2.71. The molecule has 1 aromatic carbocycles. The highest BCUT2D eigenvalue weighted by atomic mass is 16.5. The van der Waals surface area contributed by atoms with Crippen LogP contribution in [0.4, 0.5) is 5.82 Å². The maximum absolute atomic E-state index is 5.28. The summed E-state index contributed by atoms with van der Waals surface area (Å²) in [7, 11) is 1.68. The summed E-state index contributed by atoms with van der Waals surface area (Å²) in [5.41, 5.74) is 5.07. The standard InChI is InChI=1S/C19H27N3O/c1-7-15(8-2)22-19-14(5)20-18(13(4)21-19)17-10-9-16(23-6)11-12(17)3/h9-11,15H,7-8H2,1-6H3,(H,21,22). The minimum Gasteiger partial charge on any atom is -0.497 e. The summed E-state index contributed by atoms with van der Waals surface area (Å²) < 4.78 is 5.28. The van der Waals surface area contributed by atoms with E-state index in [4.69, 9.17) is 14.7 Å². The molecule has 0 aliphatic carbocycles. The van der Waals surface area contributed by atoms with Gasteiger partial charge in [-0.2, -0.15) is 0 Å². The van der Waals surface area contributed by atoms with Gasteiger partial charge in [0.15, 0.2) is 0 Å². The summed E-state index contributed by atoms with van der Waals surface area (Å²) in [6, 6.07) is 6.49. The van der Waals surface area contributed by atoms with E-state index >= 15 is 0 Å². The second kappa shape index (κ2) is 7.44. The summed E-state index contributed by atoms with van der Waals surface area (Å²) in [5.74, 6) is 1.76. The lowest BCUT2D eigenvalue weighted by molar-refractivity contribution is 0.414. The Morgan fingerprint density at radius 2 is 1.74 bits per heavy atom. The van der Waals surface area contributed by atoms with Gasteiger partial charge in [0.2, 0.25) is 0 Å². The van der Waals surface area contributed by atoms with Crippen molar-refractivity contribution in [3.8, 4) is 17.0 Å². The number of methoxy groups -OCH3 is 1. The summed E-state index contributed by atoms with van der Waals surface area (Å²) in [6.07, 6.45) is 2.16. The van der Waals surface area contributed by atoms with Gasteiger partial charge in [0, 0.05) is 11.6 Å². The van der Waals surface area contributed by atoms with Crippen LogP contribution in [-0.2, 0) is 0 Å². The van der Waals surface area contributed by atoms with Gasteiger partial charge >= 0.3 is 0 Å². The Morgan fingerprint density at radius 3 is 2.30 bits per heavy atom. The SMILES string of the molecule is CCC(CC)Nc1nc(C)c(-c2ccc(OC)cc2C)nc1C. The fraction of sp³-hybridized carbons (Fsp3) is 0.474. The zero-order chi connectivity index (χ0) is 17.0. The van der Waals surface area contributed by atoms with Crippen molar-refractivity contribution in [2.75, 3.05) is 12.4 Å². The summed E-state index contributed by atoms with van der Waals surface area (Å²) in [5, 5.41) is 3.51. The molecule has 0 radical (unpaired) electrons. The maximum Gasteiger partial charge on any atom is 0.148 e. The normalized spacial score (nSPS) is 10.9. The third-order valence-electron chi connectivity index (χ3n) is 4.26. The molecule has 0 saturated carbocycles. The van der Waals surface area contributed by atoms with Gasteiger partial charge in [0.25, 0.3) is 0 Å². The minimum absolute atomic E-state index is 0.441. The van der Waals surface area contributed by atoms with Crippen molar-refractivity contribution in [2.45, 2.75) is 53.5 Å². The average molecular weight is 313 g/mol. The summed E-state index contributed by atoms with van der Waals surface area (Å²) in [4.78, 5) is 9.58. The molecule has 1 aromatic heterocycles. The first-order valence-electron chi connectivity index (χ1n) is 8.26. The van der Waals surface area contributed by atoms with E-state index in [2.05, 4.69) is 32.2 Å². The molecule has 2 aromatic rings. The number of hydrogen-bond donors (Lipinski definition) is 1. The second-order valence-corrected chi connectivity index (χ2v) is 5.93. The Labute approximate surface area is 139 Å². The molecular weight excluding hydrogens is 286 g/mol. The number of rotatable bonds is 6. The van der Waals surface area contributed by atoms with E-state index in [9.17, 15) is 0 Å². The number of nitrogens with zero attached hydrogens (tertiary/aromatic N) is 2. The molecule has 1 heterocycles. The molecule has 0 unspecified atom stereocenters. The zero-order valence-corrected chi connectivity index (χ0v) is 15.0. The van der Waals surface area contributed by atoms with Gasteiger partial charge in [0.05, 0.1) is 24.2 Å². The first-order valence-corrected chi connectivity index (χ1v) is 8.26. The van der Waals surface area contributed by atoms with Crippen molar-refractivity contribution in [3.05, 3.63) is 35.2 Å². The molecule has 124 valence electrons. The predicted octanol–water partition coefficient (Wildman–Crippen LogP) is 4.68. The number of aromatic nitrogens is 2. The molecule has 0 fully saturated rings. The van der Waals surface area contributed by atoms with Crippen LogP contribution in [0.3, 0.4) is 0 Å². The van der Waals surface area contributed by atoms with Crippen LogP contribution in [0, 0.1) is 20.8 Å². The van der Waals surface area contributed by atoms with Crippen molar-refractivity contribution in [2.24, 2.45) is 0 Å². The fourth-order valence-corrected chi connectivity index (χ4v) is 2.71. The molecule has 4 nitrogen and oxygen atoms in total. The molecule has 1 N–H and O–H groups in total. The lowest BCUT2D eigenvalue weighted by Gasteiger charge is -2.18. The van der Waals surface area contributed by atoms with Crippen molar-refractivity contribution in [1.82, 2.24) is 9.97 Å². The Hall–Kier alpha value is -2.10. The largest absolute Gasteiger partial charge is 0.497 e. The van der Waals surface area contributed by atoms with Crippen molar-refractivity contribution in [1.29, 1.82) is 0 Å². The van der Waals surface area contributed by atoms with Crippen molar-refractivity contribution < 1.29 is 4.74 Å². The molecular formula is C19H27N3O. The molecule has 0 amide bonds. The molecule has 0 aliphatic heterocycles. The van der Waals surface area contributed by atoms with Crippen LogP contribution in [0.15, 0.2) is 18.2 Å². The van der Waals surface area contributed by atoms with Crippen LogP contribution < -0.4 is 10.1 Å². The van der Waals surface area contributed by atoms with Crippen molar-refractivity contribution >= 4 is 5.82 Å². The number of benzene rings is 1. The van der Waals surface area contributed by atoms with Crippen LogP contribution in [0.1, 0.15) is 43.6 Å². The number of nitrogens with one attached hydrogen (secondary N) is 1. The highest BCUT2D eigenvalue weighted by Crippen LogP contribution is 2.29. The molecule has 0 spiro atoms. The van der Waals surface area contributed by atoms with E-state index in [1.807, 2.05) is 26.0 Å². The third-order valence-corrected chi connectivity index (χ3v) is 4.26. The van der Waals surface area contributed by atoms with E-state index in [0.29, 0.717) is 6.04 Å². The lowest BCUT2D eigenvalue weighted by atomic mass is 10.0. The monoisotopic (exact) mass is 313 g/mol. The number of hydrogen-bond acceptors (Lipinski definition) is 4. The van der Waals surface area contributed by atoms with Gasteiger partial charge in [-0.1, -0.05) is 13.8 Å². The highest BCUT2D eigenvalue weighted by Gasteiger charge is 2.14. The summed E-state index contributed by atoms with van der Waals surface area (Å²) >= 11 is 0. The molecule has 0 aliphatic rings. The van der Waals surface area contributed by atoms with Gasteiger partial charge in [-0.25, -0.2) is 9.97 Å². The maximum atomic E-state index is 5.28. The van der Waals surface area contributed by atoms with E-state index in [1.54, 1.807) is 7.11 Å². The van der Waals surface area contributed by atoms with E-state index in [1.165, 1.54) is 0 Å². The van der Waals surface area contributed by atoms with E-state index < -0.39 is 0 Å². The average Bonchev–Trinajstić information content (AvgIpc) is 2.55. The molecule has 0 atom stereocenters. The molecule has 0 bridgehead atoms. The van der Waals surface area contributed by atoms with Gasteiger partial charge in [-0.15, -0.1) is 0 Å². The van der Waals surface area contributed by atoms with Crippen LogP contribution in [0.2, 0.25) is 0 Å². The smallest absolute Gasteiger partial charge is 0.148 e. The van der Waals surface area contributed by atoms with Gasteiger partial charge in [-0.3, -0.25) is 0 Å². The summed E-state index contributed by atoms with van der Waals surface area (Å²) in [6.45, 7) is 10.5. The third kappa shape index (κ3) is 3.81. The van der Waals surface area contributed by atoms with Crippen LogP contribution >= 0.6 is 0 Å². The first kappa shape index (κ1) is 17.3. The Bertz CT molecular complexity index is 679. The van der Waals surface area contributed by atoms with Crippen molar-refractivity contribution in [3.63, 3.8) is 0 Å². The molecule has 2 rings (SSSR count). The van der Waals surface area contributed by atoms with Crippen LogP contribution in [0.5, 0.6) is 5.75 Å². The van der Waals surface area contributed by atoms with Crippen LogP contribution in [0.25, 0.3) is 11.3 Å². The van der Waals surface area contributed by atoms with Crippen LogP contribution in [-0.4, -0.2) is 23.1 Å². The Morgan fingerprint density at radius 1 is 1.04 bits per heavy atom. The molecule has 4 heteroatoms. The Balaban J connectivity index is 2.40. The van der Waals surface area contributed by atoms with E-state index in [-0.39, 0.29) is 0 Å². The topological polar surface area (TPSA) is 47.0 Å². The highest BCUT2D eigenvalue weighted by molar-refractivity contribution is 5.68. The number of anilines is 1. The zero-order valence-electron chi connectivity index (χ0n) is 15.0. The molecule has 0 saturated heterocycles. The molecule has 23 heavy (non-hydrogen) atoms. The second-order valence-electron chi connectivity index (χ2n) is 5.93. The van der Waals surface area contributed by atoms with E-state index in [0.717, 1.165) is 52.6 Å². The first-order chi connectivity index (χ1) is 11.0. The lowest BCUT2D eigenvalue weighted by Crippen LogP contribution is -2.19. The predicted molar refractivity (Wildman–Crippen MR) is 96.2 cm³/mol. The van der Waals surface area contributed by atoms with Gasteiger partial charge in [-0.05, 0) is 57.4 Å². The number of ether oxygens (including phenoxy) is 1. The quantitative estimate of drug-likeness (QED) is 0.841. The van der Waals surface area contributed by atoms with Gasteiger partial charge < -0.3 is 10.1 Å². The van der Waals surface area contributed by atoms with Gasteiger partial charge in [0.1, 0.15) is 11.6 Å². The minimum atomic E-state index is 0.441. The Kier molecular flexibility index (Phi) is 5.59.